The van der Waals surface area contributed by atoms with Crippen LogP contribution in [0.15, 0.2) is 18.2 Å². The number of nitrogens with two attached hydrogens (primary N) is 1. The van der Waals surface area contributed by atoms with Gasteiger partial charge in [-0.2, -0.15) is 0 Å². The van der Waals surface area contributed by atoms with E-state index in [4.69, 9.17) is 10.5 Å². The Balaban J connectivity index is 2.44. The van der Waals surface area contributed by atoms with Gasteiger partial charge in [0.15, 0.2) is 0 Å². The Bertz CT molecular complexity index is 427. The van der Waals surface area contributed by atoms with E-state index >= 15 is 0 Å². The molecule has 0 amide bonds. The highest BCUT2D eigenvalue weighted by Gasteiger charge is 2.47. The van der Waals surface area contributed by atoms with Gasteiger partial charge in [-0.25, -0.2) is 8.78 Å². The number of rotatable bonds is 2. The first-order valence-corrected chi connectivity index (χ1v) is 5.46. The molecule has 0 spiro atoms. The molecule has 17 heavy (non-hydrogen) atoms. The Morgan fingerprint density at radius 1 is 1.53 bits per heavy atom. The van der Waals surface area contributed by atoms with Crippen LogP contribution in [0.2, 0.25) is 0 Å². The summed E-state index contributed by atoms with van der Waals surface area (Å²) < 4.78 is 31.9. The highest BCUT2D eigenvalue weighted by molar-refractivity contribution is 5.29. The summed E-state index contributed by atoms with van der Waals surface area (Å²) in [6.45, 7) is 1.69. The number of halogens is 2. The molecule has 1 aromatic carbocycles. The van der Waals surface area contributed by atoms with E-state index in [2.05, 4.69) is 0 Å². The van der Waals surface area contributed by atoms with Crippen molar-refractivity contribution < 1.29 is 18.6 Å². The molecule has 3 atom stereocenters. The lowest BCUT2D eigenvalue weighted by Gasteiger charge is -2.30. The Labute approximate surface area is 98.2 Å². The van der Waals surface area contributed by atoms with E-state index in [9.17, 15) is 13.9 Å². The molecule has 0 unspecified atom stereocenters. The molecule has 0 aliphatic carbocycles. The SMILES string of the molecule is C[C@H]1OC[C@@](N)(c2ccc(F)cc2F)[C@@H]1CO. The zero-order chi connectivity index (χ0) is 12.6. The summed E-state index contributed by atoms with van der Waals surface area (Å²) in [6, 6.07) is 3.26. The van der Waals surface area contributed by atoms with Crippen LogP contribution in [-0.2, 0) is 10.3 Å². The van der Waals surface area contributed by atoms with Gasteiger partial charge in [-0.15, -0.1) is 0 Å². The number of ether oxygens (including phenoxy) is 1. The highest BCUT2D eigenvalue weighted by Crippen LogP contribution is 2.38. The quantitative estimate of drug-likeness (QED) is 0.819. The van der Waals surface area contributed by atoms with Gasteiger partial charge in [-0.05, 0) is 13.0 Å². The van der Waals surface area contributed by atoms with Crippen LogP contribution in [0.5, 0.6) is 0 Å². The molecule has 1 fully saturated rings. The molecule has 2 rings (SSSR count). The van der Waals surface area contributed by atoms with Gasteiger partial charge in [-0.3, -0.25) is 0 Å². The molecule has 0 bridgehead atoms. The third-order valence-corrected chi connectivity index (χ3v) is 3.44. The fourth-order valence-electron chi connectivity index (χ4n) is 2.37. The van der Waals surface area contributed by atoms with Crippen molar-refractivity contribution in [2.75, 3.05) is 13.2 Å². The summed E-state index contributed by atoms with van der Waals surface area (Å²) in [4.78, 5) is 0. The predicted octanol–water partition coefficient (Wildman–Crippen LogP) is 1.15. The van der Waals surface area contributed by atoms with Gasteiger partial charge < -0.3 is 15.6 Å². The van der Waals surface area contributed by atoms with Crippen molar-refractivity contribution in [2.24, 2.45) is 11.7 Å². The van der Waals surface area contributed by atoms with Crippen molar-refractivity contribution >= 4 is 0 Å². The predicted molar refractivity (Wildman–Crippen MR) is 58.2 cm³/mol. The van der Waals surface area contributed by atoms with E-state index in [1.807, 2.05) is 0 Å². The molecule has 0 aromatic heterocycles. The first-order chi connectivity index (χ1) is 7.99. The van der Waals surface area contributed by atoms with E-state index in [1.54, 1.807) is 6.92 Å². The van der Waals surface area contributed by atoms with Crippen LogP contribution in [0, 0.1) is 17.6 Å². The van der Waals surface area contributed by atoms with Gasteiger partial charge in [0.2, 0.25) is 0 Å². The molecule has 0 radical (unpaired) electrons. The zero-order valence-corrected chi connectivity index (χ0v) is 9.49. The maximum atomic E-state index is 13.7. The van der Waals surface area contributed by atoms with E-state index in [0.717, 1.165) is 12.1 Å². The summed E-state index contributed by atoms with van der Waals surface area (Å²) in [5.41, 5.74) is 5.21. The van der Waals surface area contributed by atoms with E-state index in [-0.39, 0.29) is 24.9 Å². The van der Waals surface area contributed by atoms with Crippen LogP contribution in [0.1, 0.15) is 12.5 Å². The van der Waals surface area contributed by atoms with E-state index in [0.29, 0.717) is 0 Å². The average molecular weight is 243 g/mol. The molecule has 1 aliphatic rings. The molecule has 3 nitrogen and oxygen atoms in total. The van der Waals surface area contributed by atoms with Gasteiger partial charge in [0.05, 0.1) is 24.9 Å². The van der Waals surface area contributed by atoms with Crippen molar-refractivity contribution in [3.05, 3.63) is 35.4 Å². The van der Waals surface area contributed by atoms with Crippen molar-refractivity contribution in [3.8, 4) is 0 Å². The number of benzene rings is 1. The summed E-state index contributed by atoms with van der Waals surface area (Å²) in [5.74, 6) is -1.76. The minimum Gasteiger partial charge on any atom is -0.396 e. The fourth-order valence-corrected chi connectivity index (χ4v) is 2.37. The molecule has 1 aliphatic heterocycles. The molecule has 1 aromatic rings. The topological polar surface area (TPSA) is 55.5 Å². The van der Waals surface area contributed by atoms with Gasteiger partial charge in [0.1, 0.15) is 11.6 Å². The second kappa shape index (κ2) is 4.33. The summed E-state index contributed by atoms with van der Waals surface area (Å²) in [5, 5.41) is 9.32. The van der Waals surface area contributed by atoms with E-state index < -0.39 is 23.1 Å². The lowest BCUT2D eigenvalue weighted by Crippen LogP contribution is -2.47. The molecular weight excluding hydrogens is 228 g/mol. The van der Waals surface area contributed by atoms with Gasteiger partial charge >= 0.3 is 0 Å². The summed E-state index contributed by atoms with van der Waals surface area (Å²) in [7, 11) is 0. The minimum atomic E-state index is -1.11. The maximum Gasteiger partial charge on any atom is 0.131 e. The number of aliphatic hydroxyl groups is 1. The first kappa shape index (κ1) is 12.4. The molecule has 5 heteroatoms. The Morgan fingerprint density at radius 2 is 2.24 bits per heavy atom. The number of hydrogen-bond donors (Lipinski definition) is 2. The molecule has 3 N–H and O–H groups in total. The third kappa shape index (κ3) is 1.94. The highest BCUT2D eigenvalue weighted by atomic mass is 19.1. The maximum absolute atomic E-state index is 13.7. The minimum absolute atomic E-state index is 0.113. The number of aliphatic hydroxyl groups excluding tert-OH is 1. The Morgan fingerprint density at radius 3 is 2.82 bits per heavy atom. The first-order valence-electron chi connectivity index (χ1n) is 5.46. The van der Waals surface area contributed by atoms with Crippen molar-refractivity contribution in [3.63, 3.8) is 0 Å². The fraction of sp³-hybridized carbons (Fsp3) is 0.500. The summed E-state index contributed by atoms with van der Waals surface area (Å²) >= 11 is 0. The van der Waals surface area contributed by atoms with Crippen LogP contribution in [0.4, 0.5) is 8.78 Å². The van der Waals surface area contributed by atoms with Crippen molar-refractivity contribution in [1.29, 1.82) is 0 Å². The molecule has 1 saturated heterocycles. The lowest BCUT2D eigenvalue weighted by molar-refractivity contribution is 0.0861. The van der Waals surface area contributed by atoms with E-state index in [1.165, 1.54) is 6.07 Å². The molecular formula is C12H15F2NO2. The van der Waals surface area contributed by atoms with Crippen LogP contribution < -0.4 is 5.73 Å². The Hall–Kier alpha value is -1.04. The van der Waals surface area contributed by atoms with Crippen LogP contribution in [0.25, 0.3) is 0 Å². The van der Waals surface area contributed by atoms with Crippen LogP contribution >= 0.6 is 0 Å². The van der Waals surface area contributed by atoms with Crippen LogP contribution in [0.3, 0.4) is 0 Å². The smallest absolute Gasteiger partial charge is 0.131 e. The number of hydrogen-bond acceptors (Lipinski definition) is 3. The molecule has 1 heterocycles. The largest absolute Gasteiger partial charge is 0.396 e. The average Bonchev–Trinajstić information content (AvgIpc) is 2.55. The van der Waals surface area contributed by atoms with Crippen LogP contribution in [-0.4, -0.2) is 24.4 Å². The monoisotopic (exact) mass is 243 g/mol. The van der Waals surface area contributed by atoms with Gasteiger partial charge in [-0.1, -0.05) is 6.07 Å². The molecule has 0 saturated carbocycles. The van der Waals surface area contributed by atoms with Gasteiger partial charge in [0, 0.05) is 17.5 Å². The third-order valence-electron chi connectivity index (χ3n) is 3.44. The normalized spacial score (nSPS) is 33.0. The van der Waals surface area contributed by atoms with Crippen molar-refractivity contribution in [1.82, 2.24) is 0 Å². The second-order valence-electron chi connectivity index (χ2n) is 4.47. The van der Waals surface area contributed by atoms with Crippen molar-refractivity contribution in [2.45, 2.75) is 18.6 Å². The summed E-state index contributed by atoms with van der Waals surface area (Å²) in [6.07, 6.45) is -0.255. The zero-order valence-electron chi connectivity index (χ0n) is 9.49. The van der Waals surface area contributed by atoms with Gasteiger partial charge in [0.25, 0.3) is 0 Å². The lowest BCUT2D eigenvalue weighted by atomic mass is 9.79. The standard InChI is InChI=1S/C12H15F2NO2/c1-7-10(5-16)12(15,6-17-7)9-3-2-8(13)4-11(9)14/h2-4,7,10,16H,5-6,15H2,1H3/t7-,10-,12-/m1/s1. The second-order valence-corrected chi connectivity index (χ2v) is 4.47. The Kier molecular flexibility index (Phi) is 3.16. The molecule has 94 valence electrons.